The fraction of sp³-hybridized carbons (Fsp3) is 0.435. The zero-order valence-electron chi connectivity index (χ0n) is 23.3. The minimum atomic E-state index is -7.80. The van der Waals surface area contributed by atoms with Crippen molar-refractivity contribution in [2.24, 2.45) is 7.05 Å². The van der Waals surface area contributed by atoms with E-state index in [1.165, 1.54) is 7.05 Å². The molecule has 11 nitrogen and oxygen atoms in total. The zero-order valence-corrected chi connectivity index (χ0v) is 24.9. The number of halogens is 13. The minimum absolute atomic E-state index is 0.0357. The number of hydrogen-bond donors (Lipinski definition) is 0. The van der Waals surface area contributed by atoms with Gasteiger partial charge in [0.25, 0.3) is 11.8 Å². The van der Waals surface area contributed by atoms with Gasteiger partial charge in [0.05, 0.1) is 17.8 Å². The standard InChI is InChI=1S/C23H14ClF12N7O4S/c1-41(18(9-37)3-4-18)17(44)12-5-10(6-38-14(12)24)11-7-39-43(8-11)16-13(19(25,26)27)15(40-42(16)2)47-48(45,46)23(35,36)21(30,31)20(28,29)22(32,33)34/h5-8H,3-4H2,1-2H3. The van der Waals surface area contributed by atoms with Crippen LogP contribution in [0, 0.1) is 11.3 Å². The van der Waals surface area contributed by atoms with Crippen molar-refractivity contribution in [1.29, 1.82) is 5.26 Å². The quantitative estimate of drug-likeness (QED) is 0.157. The predicted molar refractivity (Wildman–Crippen MR) is 134 cm³/mol. The number of alkyl halides is 12. The van der Waals surface area contributed by atoms with Gasteiger partial charge in [-0.1, -0.05) is 11.6 Å². The number of nitriles is 1. The Morgan fingerprint density at radius 3 is 2.10 bits per heavy atom. The van der Waals surface area contributed by atoms with Crippen molar-refractivity contribution in [2.45, 2.75) is 47.8 Å². The van der Waals surface area contributed by atoms with Gasteiger partial charge in [0, 0.05) is 37.6 Å². The third-order valence-corrected chi connectivity index (χ3v) is 8.53. The topological polar surface area (TPSA) is 136 Å². The molecule has 0 unspecified atom stereocenters. The third-order valence-electron chi connectivity index (χ3n) is 6.97. The number of hydrogen-bond acceptors (Lipinski definition) is 8. The summed E-state index contributed by atoms with van der Waals surface area (Å²) in [5.41, 5.74) is -3.95. The number of carbonyl (C=O) groups is 1. The molecule has 3 aromatic heterocycles. The van der Waals surface area contributed by atoms with E-state index in [4.69, 9.17) is 11.6 Å². The van der Waals surface area contributed by atoms with E-state index in [-0.39, 0.29) is 31.2 Å². The number of pyridine rings is 1. The molecule has 1 aliphatic carbocycles. The molecule has 0 aliphatic heterocycles. The first-order valence-corrected chi connectivity index (χ1v) is 14.1. The summed E-state index contributed by atoms with van der Waals surface area (Å²) in [7, 11) is -5.87. The largest absolute Gasteiger partial charge is 0.460 e. The van der Waals surface area contributed by atoms with Gasteiger partial charge in [0.15, 0.2) is 11.4 Å². The maximum absolute atomic E-state index is 14.2. The van der Waals surface area contributed by atoms with Gasteiger partial charge in [-0.2, -0.15) is 71.5 Å². The second-order valence-electron chi connectivity index (χ2n) is 10.1. The van der Waals surface area contributed by atoms with Gasteiger partial charge in [-0.15, -0.1) is 5.10 Å². The van der Waals surface area contributed by atoms with Crippen LogP contribution < -0.4 is 4.18 Å². The monoisotopic (exact) mass is 747 g/mol. The van der Waals surface area contributed by atoms with Crippen LogP contribution in [0.25, 0.3) is 16.9 Å². The van der Waals surface area contributed by atoms with Crippen LogP contribution in [0.5, 0.6) is 5.88 Å². The SMILES string of the molecule is CN(C(=O)c1cc(-c2cnn(-c3c(C(F)(F)F)c(OS(=O)(=O)C(F)(F)C(F)(F)C(F)(F)C(F)(F)F)nn3C)c2)cnc1Cl)C1(C#N)CC1. The highest BCUT2D eigenvalue weighted by Crippen LogP contribution is 2.55. The van der Waals surface area contributed by atoms with Crippen LogP contribution in [0.1, 0.15) is 28.8 Å². The first-order chi connectivity index (χ1) is 21.7. The molecule has 0 spiro atoms. The van der Waals surface area contributed by atoms with E-state index in [2.05, 4.69) is 19.4 Å². The molecule has 3 aromatic rings. The summed E-state index contributed by atoms with van der Waals surface area (Å²) in [5.74, 6) is -20.1. The molecule has 262 valence electrons. The van der Waals surface area contributed by atoms with Crippen LogP contribution >= 0.6 is 11.6 Å². The summed E-state index contributed by atoms with van der Waals surface area (Å²) in [6, 6.07) is 3.10. The van der Waals surface area contributed by atoms with Crippen molar-refractivity contribution in [2.75, 3.05) is 7.05 Å². The number of amides is 1. The Bertz CT molecular complexity index is 1930. The van der Waals surface area contributed by atoms with Crippen LogP contribution in [0.2, 0.25) is 5.15 Å². The normalized spacial score (nSPS) is 15.6. The third kappa shape index (κ3) is 5.65. The highest BCUT2D eigenvalue weighted by molar-refractivity contribution is 7.88. The molecule has 1 amide bonds. The second kappa shape index (κ2) is 11.1. The highest BCUT2D eigenvalue weighted by atomic mass is 35.5. The number of rotatable bonds is 9. The average Bonchev–Trinajstić information content (AvgIpc) is 3.48. The summed E-state index contributed by atoms with van der Waals surface area (Å²) in [6.45, 7) is 0. The number of aromatic nitrogens is 5. The van der Waals surface area contributed by atoms with E-state index in [9.17, 15) is 71.2 Å². The maximum Gasteiger partial charge on any atom is 0.460 e. The van der Waals surface area contributed by atoms with Crippen molar-refractivity contribution in [3.05, 3.63) is 40.9 Å². The maximum atomic E-state index is 14.2. The molecule has 0 saturated heterocycles. The van der Waals surface area contributed by atoms with Crippen molar-refractivity contribution in [3.8, 4) is 28.9 Å². The van der Waals surface area contributed by atoms with Crippen LogP contribution in [0.15, 0.2) is 24.7 Å². The molecule has 1 saturated carbocycles. The Morgan fingerprint density at radius 1 is 1.02 bits per heavy atom. The molecule has 1 fully saturated rings. The van der Waals surface area contributed by atoms with Gasteiger partial charge in [-0.25, -0.2) is 14.3 Å². The van der Waals surface area contributed by atoms with E-state index >= 15 is 0 Å². The molecule has 0 aromatic carbocycles. The Hall–Kier alpha value is -4.27. The summed E-state index contributed by atoms with van der Waals surface area (Å²) in [4.78, 5) is 17.9. The van der Waals surface area contributed by atoms with Gasteiger partial charge in [-0.05, 0) is 18.9 Å². The minimum Gasteiger partial charge on any atom is -0.355 e. The van der Waals surface area contributed by atoms with Gasteiger partial charge < -0.3 is 9.08 Å². The lowest BCUT2D eigenvalue weighted by molar-refractivity contribution is -0.382. The molecule has 25 heteroatoms. The Morgan fingerprint density at radius 2 is 1.60 bits per heavy atom. The number of nitrogens with zero attached hydrogens (tertiary/aromatic N) is 7. The first-order valence-electron chi connectivity index (χ1n) is 12.4. The predicted octanol–water partition coefficient (Wildman–Crippen LogP) is 5.60. The molecule has 0 N–H and O–H groups in total. The number of carbonyl (C=O) groups excluding carboxylic acids is 1. The second-order valence-corrected chi connectivity index (χ2v) is 12.0. The average molecular weight is 748 g/mol. The fourth-order valence-corrected chi connectivity index (χ4v) is 5.15. The van der Waals surface area contributed by atoms with E-state index in [1.807, 2.05) is 6.07 Å². The van der Waals surface area contributed by atoms with Crippen LogP contribution in [0.3, 0.4) is 0 Å². The van der Waals surface area contributed by atoms with Crippen LogP contribution in [-0.2, 0) is 23.3 Å². The molecule has 0 radical (unpaired) electrons. The lowest BCUT2D eigenvalue weighted by atomic mass is 10.1. The van der Waals surface area contributed by atoms with Crippen LogP contribution in [-0.4, -0.2) is 79.6 Å². The van der Waals surface area contributed by atoms with Gasteiger partial charge in [-0.3, -0.25) is 4.79 Å². The lowest BCUT2D eigenvalue weighted by Crippen LogP contribution is -2.63. The van der Waals surface area contributed by atoms with Crippen molar-refractivity contribution in [1.82, 2.24) is 29.4 Å². The smallest absolute Gasteiger partial charge is 0.355 e. The fourth-order valence-electron chi connectivity index (χ4n) is 4.09. The highest BCUT2D eigenvalue weighted by Gasteiger charge is 2.86. The molecular weight excluding hydrogens is 734 g/mol. The summed E-state index contributed by atoms with van der Waals surface area (Å²) < 4.78 is 190. The van der Waals surface area contributed by atoms with Gasteiger partial charge >= 0.3 is 39.6 Å². The van der Waals surface area contributed by atoms with Crippen molar-refractivity contribution in [3.63, 3.8) is 0 Å². The van der Waals surface area contributed by atoms with E-state index in [1.54, 1.807) is 0 Å². The van der Waals surface area contributed by atoms with E-state index in [0.29, 0.717) is 19.9 Å². The molecule has 1 aliphatic rings. The first kappa shape index (κ1) is 36.6. The molecule has 48 heavy (non-hydrogen) atoms. The molecule has 0 bridgehead atoms. The van der Waals surface area contributed by atoms with Crippen LogP contribution in [0.4, 0.5) is 52.7 Å². The summed E-state index contributed by atoms with van der Waals surface area (Å²) >= 11 is 6.03. The Balaban J connectivity index is 1.76. The number of aryl methyl sites for hydroxylation is 1. The van der Waals surface area contributed by atoms with Gasteiger partial charge in [0.1, 0.15) is 10.7 Å². The molecule has 4 rings (SSSR count). The molecule has 0 atom stereocenters. The van der Waals surface area contributed by atoms with E-state index in [0.717, 1.165) is 29.6 Å². The van der Waals surface area contributed by atoms with E-state index < -0.39 is 68.3 Å². The van der Waals surface area contributed by atoms with Crippen molar-refractivity contribution >= 4 is 27.6 Å². The zero-order chi connectivity index (χ0) is 36.6. The summed E-state index contributed by atoms with van der Waals surface area (Å²) in [6.07, 6.45) is -9.94. The summed E-state index contributed by atoms with van der Waals surface area (Å²) in [5, 5.41) is 8.04. The van der Waals surface area contributed by atoms with Gasteiger partial charge in [0.2, 0.25) is 0 Å². The Kier molecular flexibility index (Phi) is 8.49. The van der Waals surface area contributed by atoms with Crippen molar-refractivity contribution < 1.29 is 70.1 Å². The molecular formula is C23H14ClF12N7O4S. The molecule has 3 heterocycles. The Labute approximate surface area is 264 Å². The lowest BCUT2D eigenvalue weighted by Gasteiger charge is -2.32.